The summed E-state index contributed by atoms with van der Waals surface area (Å²) in [5.74, 6) is -0.644. The fourth-order valence-corrected chi connectivity index (χ4v) is 3.19. The molecule has 2 aromatic rings. The molecule has 0 atom stereocenters. The Morgan fingerprint density at radius 1 is 1.39 bits per heavy atom. The van der Waals surface area contributed by atoms with Gasteiger partial charge in [0.15, 0.2) is 0 Å². The van der Waals surface area contributed by atoms with Crippen molar-refractivity contribution in [3.8, 4) is 0 Å². The zero-order chi connectivity index (χ0) is 17.0. The number of hydrogen-bond donors (Lipinski definition) is 3. The monoisotopic (exact) mass is 340 g/mol. The average Bonchev–Trinajstić information content (AvgIpc) is 2.86. The summed E-state index contributed by atoms with van der Waals surface area (Å²) in [5.41, 5.74) is 2.22. The molecule has 1 aromatic carbocycles. The first-order valence-electron chi connectivity index (χ1n) is 7.24. The third-order valence-corrected chi connectivity index (χ3v) is 4.81. The number of aliphatic hydroxyl groups is 1. The molecule has 1 aromatic heterocycles. The third kappa shape index (κ3) is 3.90. The Hall–Kier alpha value is -1.90. The Kier molecular flexibility index (Phi) is 5.40. The van der Waals surface area contributed by atoms with Crippen molar-refractivity contribution in [3.63, 3.8) is 0 Å². The van der Waals surface area contributed by atoms with Crippen LogP contribution in [0, 0.1) is 0 Å². The third-order valence-electron chi connectivity index (χ3n) is 3.48. The molecule has 0 bridgehead atoms. The molecule has 1 heterocycles. The zero-order valence-electron chi connectivity index (χ0n) is 13.0. The van der Waals surface area contributed by atoms with Crippen LogP contribution in [0.3, 0.4) is 0 Å². The van der Waals surface area contributed by atoms with Gasteiger partial charge in [0.25, 0.3) is 0 Å². The number of nitrogens with one attached hydrogen (secondary N) is 2. The van der Waals surface area contributed by atoms with Crippen LogP contribution in [0.1, 0.15) is 28.5 Å². The number of ether oxygens (including phenoxy) is 1. The number of aromatic amines is 1. The second kappa shape index (κ2) is 7.12. The Bertz CT molecular complexity index is 811. The van der Waals surface area contributed by atoms with E-state index >= 15 is 0 Å². The van der Waals surface area contributed by atoms with Gasteiger partial charge in [0.05, 0.1) is 12.4 Å². The van der Waals surface area contributed by atoms with Gasteiger partial charge in [-0.15, -0.1) is 0 Å². The summed E-state index contributed by atoms with van der Waals surface area (Å²) in [7, 11) is -2.02. The molecule has 0 saturated heterocycles. The molecule has 2 rings (SSSR count). The quantitative estimate of drug-likeness (QED) is 0.650. The SMILES string of the molecule is CCOC(=O)c1[nH]c2ccc(CS(=O)(=O)NC)cc2c1CCO. The molecular weight excluding hydrogens is 320 g/mol. The van der Waals surface area contributed by atoms with Gasteiger partial charge in [-0.25, -0.2) is 17.9 Å². The second-order valence-electron chi connectivity index (χ2n) is 5.02. The highest BCUT2D eigenvalue weighted by Crippen LogP contribution is 2.25. The number of rotatable bonds is 7. The molecule has 0 radical (unpaired) electrons. The van der Waals surface area contributed by atoms with Crippen molar-refractivity contribution in [2.45, 2.75) is 19.1 Å². The minimum Gasteiger partial charge on any atom is -0.461 e. The topological polar surface area (TPSA) is 108 Å². The lowest BCUT2D eigenvalue weighted by atomic mass is 10.1. The fourth-order valence-electron chi connectivity index (χ4n) is 2.43. The van der Waals surface area contributed by atoms with E-state index in [0.717, 1.165) is 0 Å². The highest BCUT2D eigenvalue weighted by Gasteiger charge is 2.19. The number of carbonyl (C=O) groups excluding carboxylic acids is 1. The second-order valence-corrected chi connectivity index (χ2v) is 6.94. The maximum absolute atomic E-state index is 12.0. The summed E-state index contributed by atoms with van der Waals surface area (Å²) < 4.78 is 30.6. The van der Waals surface area contributed by atoms with Gasteiger partial charge in [-0.2, -0.15) is 0 Å². The summed E-state index contributed by atoms with van der Waals surface area (Å²) in [5, 5.41) is 9.97. The normalized spacial score (nSPS) is 11.8. The Labute approximate surface area is 134 Å². The maximum Gasteiger partial charge on any atom is 0.355 e. The molecular formula is C15H20N2O5S. The van der Waals surface area contributed by atoms with Gasteiger partial charge in [-0.05, 0) is 43.7 Å². The summed E-state index contributed by atoms with van der Waals surface area (Å²) in [6, 6.07) is 5.12. The van der Waals surface area contributed by atoms with Crippen LogP contribution in [0.2, 0.25) is 0 Å². The van der Waals surface area contributed by atoms with Crippen LogP contribution < -0.4 is 4.72 Å². The highest BCUT2D eigenvalue weighted by atomic mass is 32.2. The van der Waals surface area contributed by atoms with Crippen LogP contribution in [0.5, 0.6) is 0 Å². The van der Waals surface area contributed by atoms with E-state index in [1.54, 1.807) is 25.1 Å². The molecule has 0 unspecified atom stereocenters. The van der Waals surface area contributed by atoms with Gasteiger partial charge < -0.3 is 14.8 Å². The molecule has 23 heavy (non-hydrogen) atoms. The first-order valence-corrected chi connectivity index (χ1v) is 8.89. The Balaban J connectivity index is 2.52. The first kappa shape index (κ1) is 17.5. The molecule has 8 heteroatoms. The Morgan fingerprint density at radius 3 is 2.74 bits per heavy atom. The van der Waals surface area contributed by atoms with E-state index in [4.69, 9.17) is 4.74 Å². The van der Waals surface area contributed by atoms with Crippen molar-refractivity contribution >= 4 is 26.9 Å². The highest BCUT2D eigenvalue weighted by molar-refractivity contribution is 7.88. The molecule has 0 fully saturated rings. The average molecular weight is 340 g/mol. The molecule has 0 aliphatic heterocycles. The molecule has 3 N–H and O–H groups in total. The van der Waals surface area contributed by atoms with E-state index in [1.807, 2.05) is 0 Å². The van der Waals surface area contributed by atoms with Gasteiger partial charge >= 0.3 is 5.97 Å². The van der Waals surface area contributed by atoms with Crippen LogP contribution in [0.15, 0.2) is 18.2 Å². The number of carbonyl (C=O) groups is 1. The Morgan fingerprint density at radius 2 is 2.13 bits per heavy atom. The van der Waals surface area contributed by atoms with Crippen molar-refractivity contribution < 1.29 is 23.1 Å². The summed E-state index contributed by atoms with van der Waals surface area (Å²) in [6.45, 7) is 1.84. The van der Waals surface area contributed by atoms with Gasteiger partial charge in [-0.3, -0.25) is 0 Å². The van der Waals surface area contributed by atoms with Crippen molar-refractivity contribution in [1.29, 1.82) is 0 Å². The molecule has 0 saturated carbocycles. The van der Waals surface area contributed by atoms with Crippen LogP contribution >= 0.6 is 0 Å². The first-order chi connectivity index (χ1) is 10.9. The molecule has 0 aliphatic rings. The lowest BCUT2D eigenvalue weighted by Gasteiger charge is -2.05. The van der Waals surface area contributed by atoms with Crippen LogP contribution in [-0.4, -0.2) is 44.7 Å². The number of aliphatic hydroxyl groups excluding tert-OH is 1. The van der Waals surface area contributed by atoms with Crippen molar-refractivity contribution in [2.24, 2.45) is 0 Å². The number of sulfonamides is 1. The zero-order valence-corrected chi connectivity index (χ0v) is 13.9. The van der Waals surface area contributed by atoms with Gasteiger partial charge in [-0.1, -0.05) is 6.07 Å². The predicted molar refractivity (Wildman–Crippen MR) is 86.7 cm³/mol. The van der Waals surface area contributed by atoms with Crippen molar-refractivity contribution in [3.05, 3.63) is 35.0 Å². The van der Waals surface area contributed by atoms with Crippen LogP contribution in [0.4, 0.5) is 0 Å². The number of esters is 1. The van der Waals surface area contributed by atoms with Crippen molar-refractivity contribution in [1.82, 2.24) is 9.71 Å². The smallest absolute Gasteiger partial charge is 0.355 e. The maximum atomic E-state index is 12.0. The number of benzene rings is 1. The van der Waals surface area contributed by atoms with Gasteiger partial charge in [0.1, 0.15) is 5.69 Å². The molecule has 7 nitrogen and oxygen atoms in total. The van der Waals surface area contributed by atoms with E-state index in [1.165, 1.54) is 7.05 Å². The molecule has 0 aliphatic carbocycles. The molecule has 126 valence electrons. The molecule has 0 spiro atoms. The van der Waals surface area contributed by atoms with Crippen LogP contribution in [-0.2, 0) is 26.9 Å². The minimum atomic E-state index is -3.39. The van der Waals surface area contributed by atoms with E-state index in [9.17, 15) is 18.3 Å². The van der Waals surface area contributed by atoms with E-state index in [-0.39, 0.29) is 25.4 Å². The van der Waals surface area contributed by atoms with Gasteiger partial charge in [0, 0.05) is 17.5 Å². The lowest BCUT2D eigenvalue weighted by Crippen LogP contribution is -2.20. The predicted octanol–water partition coefficient (Wildman–Crippen LogP) is 0.929. The standard InChI is InChI=1S/C15H20N2O5S/c1-3-22-15(19)14-11(6-7-18)12-8-10(4-5-13(12)17-14)9-23(20,21)16-2/h4-5,8,16-18H,3,6-7,9H2,1-2H3. The number of hydrogen-bond acceptors (Lipinski definition) is 5. The summed E-state index contributed by atoms with van der Waals surface area (Å²) in [6.07, 6.45) is 0.274. The van der Waals surface area contributed by atoms with E-state index in [0.29, 0.717) is 27.7 Å². The minimum absolute atomic E-state index is 0.127. The van der Waals surface area contributed by atoms with Crippen LogP contribution in [0.25, 0.3) is 10.9 Å². The van der Waals surface area contributed by atoms with Crippen molar-refractivity contribution in [2.75, 3.05) is 20.3 Å². The largest absolute Gasteiger partial charge is 0.461 e. The fraction of sp³-hybridized carbons (Fsp3) is 0.400. The number of fused-ring (bicyclic) bond motifs is 1. The van der Waals surface area contributed by atoms with E-state index in [2.05, 4.69) is 9.71 Å². The number of aromatic nitrogens is 1. The molecule has 0 amide bonds. The number of H-pyrrole nitrogens is 1. The van der Waals surface area contributed by atoms with Gasteiger partial charge in [0.2, 0.25) is 10.0 Å². The lowest BCUT2D eigenvalue weighted by molar-refractivity contribution is 0.0519. The summed E-state index contributed by atoms with van der Waals surface area (Å²) >= 11 is 0. The summed E-state index contributed by atoms with van der Waals surface area (Å²) in [4.78, 5) is 15.0. The van der Waals surface area contributed by atoms with E-state index < -0.39 is 16.0 Å².